The van der Waals surface area contributed by atoms with Crippen molar-refractivity contribution in [2.75, 3.05) is 26.3 Å². The molecule has 0 spiro atoms. The summed E-state index contributed by atoms with van der Waals surface area (Å²) in [6, 6.07) is -1.45. The van der Waals surface area contributed by atoms with Crippen molar-refractivity contribution in [1.82, 2.24) is 10.0 Å². The third-order valence-corrected chi connectivity index (χ3v) is 3.85. The lowest BCUT2D eigenvalue weighted by molar-refractivity contribution is -0.139. The zero-order valence-corrected chi connectivity index (χ0v) is 15.8. The van der Waals surface area contributed by atoms with Gasteiger partial charge in [0, 0.05) is 28.1 Å². The zero-order chi connectivity index (χ0) is 19.3. The topological polar surface area (TPSA) is 186 Å². The van der Waals surface area contributed by atoms with Gasteiger partial charge in [-0.1, -0.05) is 12.8 Å². The minimum absolute atomic E-state index is 0.0740. The number of hydrogen-bond donors (Lipinski definition) is 5. The van der Waals surface area contributed by atoms with Gasteiger partial charge < -0.3 is 26.6 Å². The maximum atomic E-state index is 11.5. The zero-order valence-electron chi connectivity index (χ0n) is 13.8. The molecule has 0 aliphatic heterocycles. The lowest BCUT2D eigenvalue weighted by atomic mass is 10.2. The van der Waals surface area contributed by atoms with Gasteiger partial charge in [-0.3, -0.25) is 14.6 Å². The first-order valence-electron chi connectivity index (χ1n) is 7.54. The van der Waals surface area contributed by atoms with Gasteiger partial charge in [0.05, 0.1) is 0 Å². The number of carboxylic acids is 1. The Balaban J connectivity index is 3.76. The second-order valence-corrected chi connectivity index (χ2v) is 8.32. The van der Waals surface area contributed by atoms with Crippen LogP contribution in [0.25, 0.3) is 0 Å². The summed E-state index contributed by atoms with van der Waals surface area (Å²) in [7, 11) is -2.29. The summed E-state index contributed by atoms with van der Waals surface area (Å²) < 4.78 is 29.0. The Hall–Kier alpha value is -1.49. The molecule has 0 aromatic carbocycles. The quantitative estimate of drug-likeness (QED) is 0.0971. The number of rotatable bonds is 14. The molecule has 7 N–H and O–H groups in total. The van der Waals surface area contributed by atoms with Gasteiger partial charge >= 0.3 is 5.97 Å². The number of carboxylic acid groups (broad SMARTS) is 1. The summed E-state index contributed by atoms with van der Waals surface area (Å²) in [6.45, 7) is 0.358. The van der Waals surface area contributed by atoms with Crippen molar-refractivity contribution >= 4 is 35.9 Å². The molecule has 0 saturated carbocycles. The van der Waals surface area contributed by atoms with Gasteiger partial charge in [0.2, 0.25) is 15.6 Å². The van der Waals surface area contributed by atoms with Crippen LogP contribution in [0.15, 0.2) is 4.99 Å². The fourth-order valence-corrected chi connectivity index (χ4v) is 2.76. The van der Waals surface area contributed by atoms with Crippen molar-refractivity contribution in [3.63, 3.8) is 0 Å². The van der Waals surface area contributed by atoms with E-state index in [2.05, 4.69) is 10.3 Å². The molecule has 0 aliphatic carbocycles. The maximum Gasteiger partial charge on any atom is 0.323 e. The first-order valence-corrected chi connectivity index (χ1v) is 10.5. The molecule has 0 aromatic rings. The molecule has 1 amide bonds. The van der Waals surface area contributed by atoms with Crippen molar-refractivity contribution in [1.29, 1.82) is 0 Å². The standard InChI is InChI=1S/C12H26N5O6PS/c13-12(14)15-5-3-1-2-4-6-23-8-10(18)16-7-9(11(19)20)17-25(21,22)24/h9,17H,1-8,24H2,(H,16,18)(H,19,20)(H4,13,14,15). The van der Waals surface area contributed by atoms with E-state index in [9.17, 15) is 18.0 Å². The number of nitrogens with zero attached hydrogens (tertiary/aromatic N) is 1. The van der Waals surface area contributed by atoms with E-state index in [0.717, 1.165) is 25.7 Å². The van der Waals surface area contributed by atoms with Gasteiger partial charge in [-0.05, 0) is 12.8 Å². The van der Waals surface area contributed by atoms with Crippen LogP contribution in [0.1, 0.15) is 25.7 Å². The average Bonchev–Trinajstić information content (AvgIpc) is 2.48. The summed E-state index contributed by atoms with van der Waals surface area (Å²) in [5, 5.41) is 11.2. The summed E-state index contributed by atoms with van der Waals surface area (Å²) in [5.74, 6) is -1.85. The van der Waals surface area contributed by atoms with Crippen molar-refractivity contribution in [2.45, 2.75) is 31.7 Å². The number of hydrogen-bond acceptors (Lipinski definition) is 6. The van der Waals surface area contributed by atoms with Crippen LogP contribution in [0.4, 0.5) is 0 Å². The van der Waals surface area contributed by atoms with E-state index < -0.39 is 27.6 Å². The molecule has 13 heteroatoms. The number of amides is 1. The SMILES string of the molecule is NC(N)=NCCCCCCOCC(=O)NCC(NS(=O)(=O)P)C(=O)O. The highest BCUT2D eigenvalue weighted by Crippen LogP contribution is 2.00. The largest absolute Gasteiger partial charge is 0.480 e. The molecule has 0 saturated heterocycles. The third-order valence-electron chi connectivity index (χ3n) is 2.83. The minimum atomic E-state index is -3.77. The Morgan fingerprint density at radius 1 is 1.20 bits per heavy atom. The molecule has 0 aliphatic rings. The monoisotopic (exact) mass is 399 g/mol. The van der Waals surface area contributed by atoms with Gasteiger partial charge in [0.25, 0.3) is 0 Å². The van der Waals surface area contributed by atoms with E-state index in [1.807, 2.05) is 4.72 Å². The van der Waals surface area contributed by atoms with E-state index in [1.54, 1.807) is 0 Å². The molecule has 0 radical (unpaired) electrons. The highest BCUT2D eigenvalue weighted by molar-refractivity contribution is 8.36. The number of nitrogens with two attached hydrogens (primary N) is 2. The molecule has 146 valence electrons. The van der Waals surface area contributed by atoms with Crippen LogP contribution in [0.2, 0.25) is 0 Å². The van der Waals surface area contributed by atoms with Crippen molar-refractivity contribution < 1.29 is 27.9 Å². The second-order valence-electron chi connectivity index (χ2n) is 5.13. The summed E-state index contributed by atoms with van der Waals surface area (Å²) in [6.07, 6.45) is 3.46. The van der Waals surface area contributed by atoms with Crippen molar-refractivity contribution in [2.24, 2.45) is 16.5 Å². The highest BCUT2D eigenvalue weighted by Gasteiger charge is 2.21. The predicted molar refractivity (Wildman–Crippen MR) is 96.2 cm³/mol. The molecule has 0 rings (SSSR count). The minimum Gasteiger partial charge on any atom is -0.480 e. The number of unbranched alkanes of at least 4 members (excludes halogenated alkanes) is 3. The molecule has 11 nitrogen and oxygen atoms in total. The smallest absolute Gasteiger partial charge is 0.323 e. The normalized spacial score (nSPS) is 12.4. The molecular weight excluding hydrogens is 373 g/mol. The van der Waals surface area contributed by atoms with Gasteiger partial charge in [-0.15, -0.1) is 0 Å². The Bertz CT molecular complexity index is 552. The van der Waals surface area contributed by atoms with Gasteiger partial charge in [-0.2, -0.15) is 4.72 Å². The summed E-state index contributed by atoms with van der Waals surface area (Å²) >= 11 is 0. The van der Waals surface area contributed by atoms with Crippen LogP contribution in [0.3, 0.4) is 0 Å². The second kappa shape index (κ2) is 12.8. The lowest BCUT2D eigenvalue weighted by Crippen LogP contribution is -2.47. The third kappa shape index (κ3) is 15.8. The van der Waals surface area contributed by atoms with Crippen molar-refractivity contribution in [3.8, 4) is 0 Å². The van der Waals surface area contributed by atoms with Gasteiger partial charge in [0.15, 0.2) is 5.96 Å². The Morgan fingerprint density at radius 3 is 2.40 bits per heavy atom. The number of aliphatic carboxylic acids is 1. The molecule has 0 fully saturated rings. The average molecular weight is 399 g/mol. The van der Waals surface area contributed by atoms with Crippen LogP contribution in [0, 0.1) is 0 Å². The lowest BCUT2D eigenvalue weighted by Gasteiger charge is -2.13. The van der Waals surface area contributed by atoms with Crippen LogP contribution in [-0.4, -0.2) is 63.7 Å². The highest BCUT2D eigenvalue weighted by atomic mass is 32.7. The molecule has 2 atom stereocenters. The van der Waals surface area contributed by atoms with Gasteiger partial charge in [0.1, 0.15) is 12.6 Å². The van der Waals surface area contributed by atoms with E-state index in [0.29, 0.717) is 13.2 Å². The van der Waals surface area contributed by atoms with Crippen molar-refractivity contribution in [3.05, 3.63) is 0 Å². The number of carbonyl (C=O) groups is 2. The Kier molecular flexibility index (Phi) is 12.0. The number of nitrogens with one attached hydrogen (secondary N) is 2. The molecule has 0 aromatic heterocycles. The number of guanidine groups is 1. The van der Waals surface area contributed by atoms with E-state index in [1.165, 1.54) is 8.44 Å². The Morgan fingerprint density at radius 2 is 1.84 bits per heavy atom. The van der Waals surface area contributed by atoms with E-state index in [4.69, 9.17) is 21.3 Å². The summed E-state index contributed by atoms with van der Waals surface area (Å²) in [5.41, 5.74) is 10.4. The first-order chi connectivity index (χ1) is 11.6. The maximum absolute atomic E-state index is 11.5. The predicted octanol–water partition coefficient (Wildman–Crippen LogP) is -1.88. The molecule has 0 heterocycles. The fraction of sp³-hybridized carbons (Fsp3) is 0.750. The number of aliphatic imine (C=N–C) groups is 1. The molecular formula is C12H26N5O6PS. The van der Waals surface area contributed by atoms with E-state index in [-0.39, 0.29) is 19.1 Å². The first kappa shape index (κ1) is 23.5. The Labute approximate surface area is 148 Å². The number of carbonyl (C=O) groups excluding carboxylic acids is 1. The van der Waals surface area contributed by atoms with Crippen LogP contribution >= 0.6 is 8.44 Å². The van der Waals surface area contributed by atoms with Crippen LogP contribution < -0.4 is 21.5 Å². The van der Waals surface area contributed by atoms with E-state index >= 15 is 0 Å². The fourth-order valence-electron chi connectivity index (χ4n) is 1.69. The number of ether oxygens (including phenoxy) is 1. The van der Waals surface area contributed by atoms with Crippen LogP contribution in [-0.2, 0) is 24.0 Å². The molecule has 2 unspecified atom stereocenters. The summed E-state index contributed by atoms with van der Waals surface area (Å²) in [4.78, 5) is 26.3. The van der Waals surface area contributed by atoms with Gasteiger partial charge in [-0.25, -0.2) is 8.42 Å². The van der Waals surface area contributed by atoms with Crippen LogP contribution in [0.5, 0.6) is 0 Å². The molecule has 25 heavy (non-hydrogen) atoms. The molecule has 0 bridgehead atoms.